The summed E-state index contributed by atoms with van der Waals surface area (Å²) in [4.78, 5) is 14.2. The van der Waals surface area contributed by atoms with Crippen molar-refractivity contribution >= 4 is 16.9 Å². The lowest BCUT2D eigenvalue weighted by Crippen LogP contribution is -2.41. The number of fused-ring (bicyclic) bond motifs is 1. The van der Waals surface area contributed by atoms with E-state index in [0.29, 0.717) is 11.4 Å². The summed E-state index contributed by atoms with van der Waals surface area (Å²) in [7, 11) is 0. The van der Waals surface area contributed by atoms with Crippen molar-refractivity contribution in [1.29, 1.82) is 5.26 Å². The first-order valence-electron chi connectivity index (χ1n) is 9.94. The molecule has 2 atom stereocenters. The van der Waals surface area contributed by atoms with Gasteiger partial charge in [0.1, 0.15) is 17.2 Å². The van der Waals surface area contributed by atoms with E-state index in [9.17, 15) is 9.65 Å². The van der Waals surface area contributed by atoms with Crippen LogP contribution in [0, 0.1) is 17.1 Å². The smallest absolute Gasteiger partial charge is 0.134 e. The van der Waals surface area contributed by atoms with Crippen molar-refractivity contribution in [2.24, 2.45) is 4.99 Å². The molecular weight excluding hydrogens is 389 g/mol. The van der Waals surface area contributed by atoms with Crippen molar-refractivity contribution in [3.63, 3.8) is 0 Å². The van der Waals surface area contributed by atoms with E-state index in [2.05, 4.69) is 21.4 Å². The fourth-order valence-electron chi connectivity index (χ4n) is 4.16. The van der Waals surface area contributed by atoms with Crippen LogP contribution < -0.4 is 5.32 Å². The Hall–Kier alpha value is -4.11. The molecule has 0 saturated heterocycles. The van der Waals surface area contributed by atoms with Crippen LogP contribution in [0.2, 0.25) is 0 Å². The highest BCUT2D eigenvalue weighted by Gasteiger charge is 2.45. The number of aliphatic imine (C=N–C) groups is 1. The largest absolute Gasteiger partial charge is 0.364 e. The second kappa shape index (κ2) is 7.29. The van der Waals surface area contributed by atoms with E-state index in [1.54, 1.807) is 30.5 Å². The minimum Gasteiger partial charge on any atom is -0.364 e. The number of rotatable bonds is 3. The maximum Gasteiger partial charge on any atom is 0.134 e. The number of hydrogen-bond acceptors (Lipinski definition) is 5. The maximum atomic E-state index is 13.7. The molecule has 6 heteroatoms. The highest BCUT2D eigenvalue weighted by Crippen LogP contribution is 2.41. The number of amidine groups is 1. The molecule has 0 spiro atoms. The molecule has 0 fully saturated rings. The van der Waals surface area contributed by atoms with Crippen molar-refractivity contribution in [2.75, 3.05) is 0 Å². The van der Waals surface area contributed by atoms with E-state index in [0.717, 1.165) is 27.7 Å². The third-order valence-electron chi connectivity index (χ3n) is 5.71. The number of hydrogen-bond donors (Lipinski definition) is 1. The quantitative estimate of drug-likeness (QED) is 0.549. The predicted molar refractivity (Wildman–Crippen MR) is 117 cm³/mol. The number of nitrogens with one attached hydrogen (secondary N) is 1. The Bertz CT molecular complexity index is 1360. The minimum absolute atomic E-state index is 0.151. The van der Waals surface area contributed by atoms with Gasteiger partial charge in [-0.15, -0.1) is 0 Å². The maximum absolute atomic E-state index is 13.7. The lowest BCUT2D eigenvalue weighted by atomic mass is 9.79. The van der Waals surface area contributed by atoms with E-state index < -0.39 is 5.54 Å². The van der Waals surface area contributed by atoms with E-state index in [-0.39, 0.29) is 11.9 Å². The van der Waals surface area contributed by atoms with Crippen LogP contribution in [0.5, 0.6) is 0 Å². The van der Waals surface area contributed by atoms with Gasteiger partial charge in [0.05, 0.1) is 28.7 Å². The average molecular weight is 407 g/mol. The fourth-order valence-corrected chi connectivity index (χ4v) is 4.16. The molecule has 0 bridgehead atoms. The SMILES string of the molecule is C[C@@H]1NC(c2cccc(C#N)c2)=NC1(c1ccc(F)cc1)c1cnc2cccnc2c1. The van der Waals surface area contributed by atoms with Gasteiger partial charge in [0.2, 0.25) is 0 Å². The van der Waals surface area contributed by atoms with Crippen LogP contribution in [0.3, 0.4) is 0 Å². The Morgan fingerprint density at radius 3 is 2.61 bits per heavy atom. The second-order valence-electron chi connectivity index (χ2n) is 7.56. The molecule has 0 saturated carbocycles. The first-order chi connectivity index (χ1) is 15.1. The van der Waals surface area contributed by atoms with Crippen LogP contribution in [0.25, 0.3) is 11.0 Å². The van der Waals surface area contributed by atoms with Crippen molar-refractivity contribution in [3.05, 3.63) is 107 Å². The van der Waals surface area contributed by atoms with E-state index in [4.69, 9.17) is 4.99 Å². The second-order valence-corrected chi connectivity index (χ2v) is 7.56. The standard InChI is InChI=1S/C25H18FN5/c1-16-25(19-7-9-21(26)10-8-19,20-13-23-22(29-15-20)6-3-11-28-23)31-24(30-16)18-5-2-4-17(12-18)14-27/h2-13,15-16H,1H3,(H,30,31)/t16-,25?/m0/s1. The van der Waals surface area contributed by atoms with Crippen LogP contribution in [0.1, 0.15) is 29.2 Å². The Kier molecular flexibility index (Phi) is 4.45. The number of halogens is 1. The van der Waals surface area contributed by atoms with Crippen LogP contribution in [-0.2, 0) is 5.54 Å². The summed E-state index contributed by atoms with van der Waals surface area (Å²) in [6, 6.07) is 21.5. The van der Waals surface area contributed by atoms with Crippen molar-refractivity contribution in [1.82, 2.24) is 15.3 Å². The van der Waals surface area contributed by atoms with Gasteiger partial charge in [0.15, 0.2) is 0 Å². The topological polar surface area (TPSA) is 74.0 Å². The number of aromatic nitrogens is 2. The van der Waals surface area contributed by atoms with E-state index in [1.807, 2.05) is 43.5 Å². The molecule has 5 nitrogen and oxygen atoms in total. The molecule has 2 aromatic carbocycles. The first-order valence-corrected chi connectivity index (χ1v) is 9.94. The molecule has 2 aromatic heterocycles. The third kappa shape index (κ3) is 3.11. The van der Waals surface area contributed by atoms with Gasteiger partial charge in [-0.05, 0) is 55.0 Å². The van der Waals surface area contributed by atoms with Crippen LogP contribution >= 0.6 is 0 Å². The van der Waals surface area contributed by atoms with Crippen molar-refractivity contribution < 1.29 is 4.39 Å². The Balaban J connectivity index is 1.74. The first kappa shape index (κ1) is 18.9. The zero-order chi connectivity index (χ0) is 21.4. The lowest BCUT2D eigenvalue weighted by molar-refractivity contribution is 0.452. The summed E-state index contributed by atoms with van der Waals surface area (Å²) in [5.41, 5.74) is 3.82. The van der Waals surface area contributed by atoms with Crippen LogP contribution in [0.4, 0.5) is 4.39 Å². The lowest BCUT2D eigenvalue weighted by Gasteiger charge is -2.31. The predicted octanol–water partition coefficient (Wildman–Crippen LogP) is 4.32. The summed E-state index contributed by atoms with van der Waals surface area (Å²) in [6.07, 6.45) is 3.54. The molecule has 0 amide bonds. The Morgan fingerprint density at radius 2 is 1.81 bits per heavy atom. The molecule has 150 valence electrons. The van der Waals surface area contributed by atoms with Crippen molar-refractivity contribution in [3.8, 4) is 6.07 Å². The summed E-state index contributed by atoms with van der Waals surface area (Å²) in [5, 5.41) is 12.8. The normalized spacial score (nSPS) is 20.2. The summed E-state index contributed by atoms with van der Waals surface area (Å²) in [6.45, 7) is 2.04. The molecule has 5 rings (SSSR count). The molecule has 31 heavy (non-hydrogen) atoms. The van der Waals surface area contributed by atoms with E-state index >= 15 is 0 Å². The molecule has 1 aliphatic heterocycles. The zero-order valence-corrected chi connectivity index (χ0v) is 16.7. The highest BCUT2D eigenvalue weighted by molar-refractivity contribution is 6.01. The number of benzene rings is 2. The molecule has 3 heterocycles. The molecule has 0 aliphatic carbocycles. The van der Waals surface area contributed by atoms with Gasteiger partial charge in [0, 0.05) is 23.5 Å². The Labute approximate surface area is 178 Å². The van der Waals surface area contributed by atoms with E-state index in [1.165, 1.54) is 12.1 Å². The fraction of sp³-hybridized carbons (Fsp3) is 0.120. The van der Waals surface area contributed by atoms with Gasteiger partial charge in [-0.25, -0.2) is 9.38 Å². The molecule has 1 unspecified atom stereocenters. The molecule has 4 aromatic rings. The number of nitrogens with zero attached hydrogens (tertiary/aromatic N) is 4. The van der Waals surface area contributed by atoms with Crippen molar-refractivity contribution in [2.45, 2.75) is 18.5 Å². The minimum atomic E-state index is -0.829. The van der Waals surface area contributed by atoms with Gasteiger partial charge in [-0.1, -0.05) is 24.3 Å². The van der Waals surface area contributed by atoms with Gasteiger partial charge in [0.25, 0.3) is 0 Å². The summed E-state index contributed by atoms with van der Waals surface area (Å²) in [5.74, 6) is 0.372. The molecular formula is C25H18FN5. The monoisotopic (exact) mass is 407 g/mol. The van der Waals surface area contributed by atoms with Gasteiger partial charge in [-0.2, -0.15) is 5.26 Å². The third-order valence-corrected chi connectivity index (χ3v) is 5.71. The number of pyridine rings is 2. The van der Waals surface area contributed by atoms with Gasteiger partial charge >= 0.3 is 0 Å². The van der Waals surface area contributed by atoms with Crippen LogP contribution in [0.15, 0.2) is 84.1 Å². The Morgan fingerprint density at radius 1 is 0.968 bits per heavy atom. The van der Waals surface area contributed by atoms with Gasteiger partial charge in [-0.3, -0.25) is 9.97 Å². The highest BCUT2D eigenvalue weighted by atomic mass is 19.1. The molecule has 1 aliphatic rings. The number of nitriles is 1. The summed E-state index contributed by atoms with van der Waals surface area (Å²) < 4.78 is 13.7. The average Bonchev–Trinajstić information content (AvgIpc) is 3.17. The van der Waals surface area contributed by atoms with Crippen LogP contribution in [-0.4, -0.2) is 21.8 Å². The molecule has 1 N–H and O–H groups in total. The molecule has 0 radical (unpaired) electrons. The van der Waals surface area contributed by atoms with Gasteiger partial charge < -0.3 is 5.32 Å². The zero-order valence-electron chi connectivity index (χ0n) is 16.7. The summed E-state index contributed by atoms with van der Waals surface area (Å²) >= 11 is 0.